The van der Waals surface area contributed by atoms with Crippen molar-refractivity contribution in [3.8, 4) is 0 Å². The van der Waals surface area contributed by atoms with Crippen LogP contribution in [-0.4, -0.2) is 44.7 Å². The first-order chi connectivity index (χ1) is 32.4. The van der Waals surface area contributed by atoms with Gasteiger partial charge in [-0.05, 0) is 62.5 Å². The summed E-state index contributed by atoms with van der Waals surface area (Å²) in [5.74, 6) is 1.81. The molecule has 12 nitrogen and oxygen atoms in total. The van der Waals surface area contributed by atoms with Crippen molar-refractivity contribution in [3.63, 3.8) is 0 Å². The fourth-order valence-electron chi connectivity index (χ4n) is 6.47. The molecule has 2 aliphatic heterocycles. The second-order valence-electron chi connectivity index (χ2n) is 15.0. The molecule has 6 aromatic carbocycles. The zero-order chi connectivity index (χ0) is 45.8. The fourth-order valence-corrected chi connectivity index (χ4v) is 6.47. The van der Waals surface area contributed by atoms with Crippen LogP contribution in [0, 0.1) is 25.5 Å². The number of hydrogen-bond acceptors (Lipinski definition) is 10. The first kappa shape index (κ1) is 52.0. The molecule has 2 aliphatic rings. The van der Waals surface area contributed by atoms with E-state index in [1.54, 1.807) is 25.3 Å². The van der Waals surface area contributed by atoms with Gasteiger partial charge in [0, 0.05) is 42.1 Å². The maximum Gasteiger partial charge on any atom is 0.128 e. The fraction of sp³-hybridized carbons (Fsp3) is 0.111. The Morgan fingerprint density at radius 3 is 1.18 bits per heavy atom. The quantitative estimate of drug-likeness (QED) is 0.0755. The average Bonchev–Trinajstić information content (AvgIpc) is 3.97. The number of hydrogen-bond donors (Lipinski definition) is 0. The minimum Gasteiger partial charge on any atom is -0.497 e. The van der Waals surface area contributed by atoms with Gasteiger partial charge in [0.2, 0.25) is 0 Å². The minimum atomic E-state index is 0. The maximum atomic E-state index is 4.37. The molecule has 0 saturated heterocycles. The topological polar surface area (TPSA) is 117 Å². The van der Waals surface area contributed by atoms with Crippen LogP contribution < -0.4 is 19.6 Å². The van der Waals surface area contributed by atoms with E-state index in [1.807, 2.05) is 192 Å². The molecule has 0 unspecified atom stereocenters. The Bertz CT molecular complexity index is 2490. The minimum absolute atomic E-state index is 0. The van der Waals surface area contributed by atoms with Crippen molar-refractivity contribution in [2.75, 3.05) is 19.6 Å². The number of benzene rings is 6. The van der Waals surface area contributed by atoms with E-state index in [9.17, 15) is 0 Å². The van der Waals surface area contributed by atoms with Gasteiger partial charge in [0.1, 0.15) is 24.3 Å². The Kier molecular flexibility index (Phi) is 21.1. The second kappa shape index (κ2) is 27.6. The number of nitrogens with zero attached hydrogens (tertiary/aromatic N) is 12. The van der Waals surface area contributed by atoms with Crippen molar-refractivity contribution < 1.29 is 42.1 Å². The Labute approximate surface area is 429 Å². The standard InChI is InChI=1S/2C14H14N4.2C13H11N2.2Pt/c2*1-11(2)17-10-18(12-6-4-3-5-7-12)14-13(17)8-15-9-16-14;2*1-3-7-12(8-4-1)14-11-15-13-9-5-2-6-10-13;;/h2*3-6,8-11H,1-2H3;2*1-11H;;/q2*-2;2*-1;;. The van der Waals surface area contributed by atoms with Crippen LogP contribution in [0.25, 0.3) is 10.6 Å². The smallest absolute Gasteiger partial charge is 0.128 e. The van der Waals surface area contributed by atoms with Gasteiger partial charge < -0.3 is 40.2 Å². The molecule has 0 radical (unpaired) electrons. The Hall–Kier alpha value is -7.00. The number of fused-ring (bicyclic) bond motifs is 2. The monoisotopic (exact) mass is 1260 g/mol. The van der Waals surface area contributed by atoms with Gasteiger partial charge in [-0.3, -0.25) is 0 Å². The maximum absolute atomic E-state index is 4.37. The Morgan fingerprint density at radius 2 is 0.838 bits per heavy atom. The molecule has 352 valence electrons. The first-order valence-electron chi connectivity index (χ1n) is 21.5. The van der Waals surface area contributed by atoms with Crippen LogP contribution in [0.4, 0.5) is 57.1 Å². The van der Waals surface area contributed by atoms with Crippen LogP contribution in [-0.2, 0) is 42.1 Å². The molecule has 0 saturated carbocycles. The van der Waals surface area contributed by atoms with Gasteiger partial charge in [0.25, 0.3) is 0 Å². The number of aromatic nitrogens is 4. The summed E-state index contributed by atoms with van der Waals surface area (Å²) in [6.45, 7) is 12.7. The average molecular weight is 1260 g/mol. The van der Waals surface area contributed by atoms with E-state index in [-0.39, 0.29) is 42.1 Å². The Balaban J connectivity index is 0.000000168. The van der Waals surface area contributed by atoms with Gasteiger partial charge >= 0.3 is 0 Å². The summed E-state index contributed by atoms with van der Waals surface area (Å²) in [5, 5.41) is 8.42. The second-order valence-corrected chi connectivity index (χ2v) is 15.0. The van der Waals surface area contributed by atoms with Crippen LogP contribution >= 0.6 is 0 Å². The molecule has 0 aliphatic carbocycles. The van der Waals surface area contributed by atoms with Crippen molar-refractivity contribution in [2.24, 2.45) is 9.98 Å². The van der Waals surface area contributed by atoms with Crippen molar-refractivity contribution in [3.05, 3.63) is 231 Å². The summed E-state index contributed by atoms with van der Waals surface area (Å²) in [6.07, 6.45) is 10.00. The largest absolute Gasteiger partial charge is 0.497 e. The van der Waals surface area contributed by atoms with Crippen molar-refractivity contribution in [2.45, 2.75) is 39.8 Å². The molecule has 14 heteroatoms. The van der Waals surface area contributed by atoms with Crippen LogP contribution in [0.15, 0.2) is 205 Å². The molecule has 10 rings (SSSR count). The summed E-state index contributed by atoms with van der Waals surface area (Å²) in [7, 11) is 0. The Morgan fingerprint density at radius 1 is 0.485 bits per heavy atom. The van der Waals surface area contributed by atoms with Crippen molar-refractivity contribution in [1.82, 2.24) is 19.9 Å². The number of para-hydroxylation sites is 6. The molecular formula is C54H50N12Pt2-6. The third-order valence-corrected chi connectivity index (χ3v) is 9.71. The molecule has 0 bridgehead atoms. The van der Waals surface area contributed by atoms with Crippen molar-refractivity contribution in [1.29, 1.82) is 0 Å². The van der Waals surface area contributed by atoms with Crippen LogP contribution in [0.3, 0.4) is 0 Å². The van der Waals surface area contributed by atoms with E-state index in [2.05, 4.69) is 104 Å². The van der Waals surface area contributed by atoms with Gasteiger partial charge in [-0.15, -0.1) is 24.7 Å². The van der Waals surface area contributed by atoms with E-state index in [0.717, 1.165) is 57.1 Å². The SMILES string of the molecule is C(=Nc1ccccc1)[N-]c1ccccc1.C(=Nc1ccccc1)[N-]c1ccccc1.CC(C)N1[CH-]N(c2[c-]cccc2)c2ncncc21.CC(C)N1[CH-]N(c2[c-]cccc2)c2ncncc21.[Pt].[Pt]. The van der Waals surface area contributed by atoms with E-state index < -0.39 is 0 Å². The van der Waals surface area contributed by atoms with Gasteiger partial charge in [-0.1, -0.05) is 134 Å². The van der Waals surface area contributed by atoms with Gasteiger partial charge in [0.15, 0.2) is 0 Å². The van der Waals surface area contributed by atoms with E-state index in [0.29, 0.717) is 12.1 Å². The van der Waals surface area contributed by atoms with Gasteiger partial charge in [-0.2, -0.15) is 60.7 Å². The number of aliphatic imine (C=N–C) groups is 2. The van der Waals surface area contributed by atoms with Gasteiger partial charge in [0.05, 0.1) is 23.8 Å². The molecule has 0 fully saturated rings. The van der Waals surface area contributed by atoms with Crippen LogP contribution in [0.5, 0.6) is 0 Å². The van der Waals surface area contributed by atoms with E-state index in [4.69, 9.17) is 0 Å². The third-order valence-electron chi connectivity index (χ3n) is 9.71. The summed E-state index contributed by atoms with van der Waals surface area (Å²) < 4.78 is 0. The molecule has 8 aromatic rings. The summed E-state index contributed by atoms with van der Waals surface area (Å²) in [5.41, 5.74) is 7.69. The normalized spacial score (nSPS) is 12.1. The number of anilines is 6. The van der Waals surface area contributed by atoms with Gasteiger partial charge in [-0.25, -0.2) is 19.9 Å². The zero-order valence-electron chi connectivity index (χ0n) is 37.9. The predicted octanol–water partition coefficient (Wildman–Crippen LogP) is 13.6. The molecule has 4 heterocycles. The third kappa shape index (κ3) is 15.0. The number of rotatable bonds is 10. The zero-order valence-corrected chi connectivity index (χ0v) is 42.5. The summed E-state index contributed by atoms with van der Waals surface area (Å²) >= 11 is 0. The van der Waals surface area contributed by atoms with E-state index in [1.165, 1.54) is 0 Å². The molecule has 0 spiro atoms. The molecular weight excluding hydrogens is 1210 g/mol. The van der Waals surface area contributed by atoms with Crippen molar-refractivity contribution >= 4 is 69.8 Å². The summed E-state index contributed by atoms with van der Waals surface area (Å²) in [4.78, 5) is 33.8. The predicted molar refractivity (Wildman–Crippen MR) is 271 cm³/mol. The van der Waals surface area contributed by atoms with E-state index >= 15 is 0 Å². The molecule has 0 atom stereocenters. The van der Waals surface area contributed by atoms with Crippen LogP contribution in [0.2, 0.25) is 0 Å². The molecule has 0 amide bonds. The first-order valence-corrected chi connectivity index (χ1v) is 21.5. The van der Waals surface area contributed by atoms with Crippen LogP contribution in [0.1, 0.15) is 27.7 Å². The molecule has 68 heavy (non-hydrogen) atoms. The summed E-state index contributed by atoms with van der Waals surface area (Å²) in [6, 6.07) is 62.0. The molecule has 2 aromatic heterocycles. The molecule has 0 N–H and O–H groups in total.